The molecule has 0 saturated heterocycles. The molecular weight excluding hydrogens is 609 g/mol. The largest absolute Gasteiger partial charge is 0.226 e. The Morgan fingerprint density at radius 2 is 0.740 bits per heavy atom. The van der Waals surface area contributed by atoms with Gasteiger partial charge in [-0.25, -0.2) is 20.6 Å². The molecule has 6 aromatic carbocycles. The molecule has 4 nitrogen and oxygen atoms in total. The van der Waals surface area contributed by atoms with Crippen LogP contribution >= 0.6 is 0 Å². The number of hydrogen-bond acceptors (Lipinski definition) is 2. The number of benzene rings is 6. The Kier molecular flexibility index (Phi) is 7.75. The molecule has 0 spiro atoms. The number of nitrogens with zero attached hydrogens (tertiary/aromatic N) is 4. The van der Waals surface area contributed by atoms with Crippen LogP contribution in [0.25, 0.3) is 22.8 Å². The topological polar surface area (TPSA) is 52.9 Å². The lowest BCUT2D eigenvalue weighted by atomic mass is 9.89. The van der Waals surface area contributed by atoms with E-state index in [1.54, 1.807) is 0 Å². The predicted molar refractivity (Wildman–Crippen MR) is 204 cm³/mol. The van der Waals surface area contributed by atoms with Crippen molar-refractivity contribution in [2.75, 3.05) is 0 Å². The van der Waals surface area contributed by atoms with E-state index < -0.39 is 0 Å². The minimum Gasteiger partial charge on any atom is -0.226 e. The summed E-state index contributed by atoms with van der Waals surface area (Å²) in [4.78, 5) is 10.4. The molecule has 0 atom stereocenters. The van der Waals surface area contributed by atoms with Gasteiger partial charge in [0.1, 0.15) is 0 Å². The highest BCUT2D eigenvalue weighted by atomic mass is 15.1. The first-order valence-corrected chi connectivity index (χ1v) is 17.3. The maximum atomic E-state index is 5.25. The van der Waals surface area contributed by atoms with Crippen LogP contribution in [-0.2, 0) is 25.7 Å². The molecule has 0 aromatic heterocycles. The van der Waals surface area contributed by atoms with Crippen molar-refractivity contribution < 1.29 is 0 Å². The highest BCUT2D eigenvalue weighted by molar-refractivity contribution is 6.15. The van der Waals surface area contributed by atoms with Crippen LogP contribution in [-0.4, -0.2) is 11.7 Å². The Morgan fingerprint density at radius 3 is 1.30 bits per heavy atom. The second kappa shape index (κ2) is 13.0. The van der Waals surface area contributed by atoms with Crippen LogP contribution < -0.4 is 10.6 Å². The summed E-state index contributed by atoms with van der Waals surface area (Å²) in [5.74, 6) is 1.54. The molecular formula is C46H34N4. The number of aryl methyl sites for hydroxylation is 4. The number of aliphatic imine (C=N–C) groups is 2. The monoisotopic (exact) mass is 642 g/mol. The van der Waals surface area contributed by atoms with Crippen LogP contribution in [0.1, 0.15) is 55.6 Å². The molecule has 0 saturated carbocycles. The third-order valence-corrected chi connectivity index (χ3v) is 9.70. The summed E-state index contributed by atoms with van der Waals surface area (Å²) in [5, 5.41) is 10.5. The van der Waals surface area contributed by atoms with Gasteiger partial charge >= 0.3 is 0 Å². The van der Waals surface area contributed by atoms with Crippen LogP contribution in [0.2, 0.25) is 0 Å². The minimum atomic E-state index is 0.755. The lowest BCUT2D eigenvalue weighted by Crippen LogP contribution is -2.16. The Hall–Kier alpha value is -6.26. The molecule has 6 aliphatic rings. The Labute approximate surface area is 293 Å². The summed E-state index contributed by atoms with van der Waals surface area (Å²) in [6.07, 6.45) is 3.52. The smallest absolute Gasteiger partial charge is 0.160 e. The zero-order valence-electron chi connectivity index (χ0n) is 27.6. The maximum Gasteiger partial charge on any atom is 0.160 e. The second-order valence-corrected chi connectivity index (χ2v) is 12.9. The molecule has 4 bridgehead atoms. The average Bonchev–Trinajstić information content (AvgIpc) is 3.83. The van der Waals surface area contributed by atoms with Gasteiger partial charge in [-0.1, -0.05) is 146 Å². The summed E-state index contributed by atoms with van der Waals surface area (Å²) in [7, 11) is 0. The van der Waals surface area contributed by atoms with Crippen LogP contribution in [0.3, 0.4) is 0 Å². The van der Waals surface area contributed by atoms with E-state index in [2.05, 4.69) is 121 Å². The Bertz CT molecular complexity index is 2330. The fourth-order valence-corrected chi connectivity index (χ4v) is 7.08. The average molecular weight is 643 g/mol. The second-order valence-electron chi connectivity index (χ2n) is 12.9. The Morgan fingerprint density at radius 1 is 0.320 bits per heavy atom. The standard InChI is InChI=1S/C46H34N4/c1-5-13-35(14-6-1)41-42(36-15-7-2-8-16-36)49-46(48-41)40-30-32-22-21-31-23-25-33(27-28-34(40)26-24-32)39(29-31)44-43(37-17-9-3-10-18-37)47-45(50-44)38-19-11-4-12-20-38/h1-20,23-26,29-30H,21-22,27-28H2. The molecule has 2 aliphatic heterocycles. The molecule has 50 heavy (non-hydrogen) atoms. The highest BCUT2D eigenvalue weighted by Crippen LogP contribution is 2.37. The van der Waals surface area contributed by atoms with Gasteiger partial charge in [0.15, 0.2) is 11.7 Å². The van der Waals surface area contributed by atoms with Crippen molar-refractivity contribution in [2.24, 2.45) is 9.98 Å². The van der Waals surface area contributed by atoms with Gasteiger partial charge in [0.05, 0.1) is 22.8 Å². The van der Waals surface area contributed by atoms with E-state index >= 15 is 0 Å². The van der Waals surface area contributed by atoms with Crippen LogP contribution in [0, 0.1) is 0 Å². The zero-order valence-corrected chi connectivity index (χ0v) is 27.6. The van der Waals surface area contributed by atoms with Crippen LogP contribution in [0.15, 0.2) is 168 Å². The number of amidine groups is 2. The fourth-order valence-electron chi connectivity index (χ4n) is 7.08. The van der Waals surface area contributed by atoms with E-state index in [4.69, 9.17) is 20.6 Å². The third kappa shape index (κ3) is 5.75. The molecule has 0 amide bonds. The fraction of sp³-hybridized carbons (Fsp3) is 0.0870. The molecule has 4 aliphatic carbocycles. The molecule has 6 aromatic rings. The molecule has 0 N–H and O–H groups in total. The lowest BCUT2D eigenvalue weighted by molar-refractivity contribution is 0.913. The Balaban J connectivity index is 1.10. The summed E-state index contributed by atoms with van der Waals surface area (Å²) in [6, 6.07) is 55.4. The van der Waals surface area contributed by atoms with Crippen molar-refractivity contribution in [1.82, 2.24) is 10.6 Å². The predicted octanol–water partition coefficient (Wildman–Crippen LogP) is 9.35. The zero-order chi connectivity index (χ0) is 33.3. The van der Waals surface area contributed by atoms with Crippen molar-refractivity contribution in [2.45, 2.75) is 25.7 Å². The molecule has 12 rings (SSSR count). The lowest BCUT2D eigenvalue weighted by Gasteiger charge is -2.18. The van der Waals surface area contributed by atoms with Crippen molar-refractivity contribution in [3.8, 4) is 0 Å². The minimum absolute atomic E-state index is 0.755. The first kappa shape index (κ1) is 29.8. The third-order valence-electron chi connectivity index (χ3n) is 9.70. The summed E-state index contributed by atoms with van der Waals surface area (Å²) in [5.41, 5.74) is 15.3. The molecule has 0 fully saturated rings. The number of hydrogen-bond donors (Lipinski definition) is 0. The molecule has 2 heterocycles. The van der Waals surface area contributed by atoms with E-state index in [1.807, 2.05) is 36.4 Å². The van der Waals surface area contributed by atoms with Gasteiger partial charge in [0, 0.05) is 33.4 Å². The first-order chi connectivity index (χ1) is 24.8. The summed E-state index contributed by atoms with van der Waals surface area (Å²) >= 11 is 0. The van der Waals surface area contributed by atoms with Crippen LogP contribution in [0.5, 0.6) is 0 Å². The summed E-state index contributed by atoms with van der Waals surface area (Å²) < 4.78 is 0. The first-order valence-electron chi connectivity index (χ1n) is 17.3. The molecule has 4 heteroatoms. The molecule has 2 radical (unpaired) electrons. The van der Waals surface area contributed by atoms with Gasteiger partial charge in [-0.05, 0) is 60.1 Å². The van der Waals surface area contributed by atoms with E-state index in [9.17, 15) is 0 Å². The van der Waals surface area contributed by atoms with Crippen LogP contribution in [0.4, 0.5) is 0 Å². The van der Waals surface area contributed by atoms with Crippen molar-refractivity contribution in [3.63, 3.8) is 0 Å². The number of rotatable bonds is 6. The SMILES string of the molecule is c1ccc(C2=NC(c3ccccc3)=C(c3cc4ccc3CCc3ccc(cc3C3=NC(c5ccccc5)=C(c5ccccc5)[N]3)CC4)[N]2)cc1. The van der Waals surface area contributed by atoms with E-state index in [-0.39, 0.29) is 0 Å². The van der Waals surface area contributed by atoms with E-state index in [0.29, 0.717) is 0 Å². The highest BCUT2D eigenvalue weighted by Gasteiger charge is 2.28. The van der Waals surface area contributed by atoms with Gasteiger partial charge in [-0.2, -0.15) is 0 Å². The molecule has 238 valence electrons. The van der Waals surface area contributed by atoms with Crippen molar-refractivity contribution in [1.29, 1.82) is 0 Å². The van der Waals surface area contributed by atoms with Gasteiger partial charge < -0.3 is 0 Å². The summed E-state index contributed by atoms with van der Waals surface area (Å²) in [6.45, 7) is 0. The van der Waals surface area contributed by atoms with Crippen molar-refractivity contribution >= 4 is 34.5 Å². The van der Waals surface area contributed by atoms with Gasteiger partial charge in [0.25, 0.3) is 0 Å². The van der Waals surface area contributed by atoms with E-state index in [0.717, 1.165) is 93.5 Å². The van der Waals surface area contributed by atoms with Gasteiger partial charge in [-0.3, -0.25) is 0 Å². The maximum absolute atomic E-state index is 5.25. The normalized spacial score (nSPS) is 15.3. The van der Waals surface area contributed by atoms with Gasteiger partial charge in [-0.15, -0.1) is 0 Å². The quantitative estimate of drug-likeness (QED) is 0.174. The molecule has 0 unspecified atom stereocenters. The van der Waals surface area contributed by atoms with Gasteiger partial charge in [0.2, 0.25) is 0 Å². The van der Waals surface area contributed by atoms with Crippen molar-refractivity contribution in [3.05, 3.63) is 213 Å². The van der Waals surface area contributed by atoms with E-state index in [1.165, 1.54) is 22.3 Å².